The molecule has 0 amide bonds. The van der Waals surface area contributed by atoms with Crippen LogP contribution in [-0.2, 0) is 0 Å². The van der Waals surface area contributed by atoms with Crippen molar-refractivity contribution >= 4 is 24.2 Å². The molecule has 0 radical (unpaired) electrons. The largest absolute Gasteiger partial charge is 0.398 e. The van der Waals surface area contributed by atoms with Gasteiger partial charge in [-0.1, -0.05) is 42.4 Å². The summed E-state index contributed by atoms with van der Waals surface area (Å²) >= 11 is 0. The minimum atomic E-state index is -0.500. The highest BCUT2D eigenvalue weighted by Gasteiger charge is 2.33. The number of nitrogens with zero attached hydrogens (tertiary/aromatic N) is 1. The van der Waals surface area contributed by atoms with E-state index in [4.69, 9.17) is 0 Å². The molecule has 3 rings (SSSR count). The van der Waals surface area contributed by atoms with Crippen molar-refractivity contribution in [2.45, 2.75) is 43.1 Å². The van der Waals surface area contributed by atoms with Crippen LogP contribution < -0.4 is 4.57 Å². The van der Waals surface area contributed by atoms with Crippen molar-refractivity contribution in [3.8, 4) is 0 Å². The van der Waals surface area contributed by atoms with Crippen LogP contribution in [0, 0.1) is 0 Å². The van der Waals surface area contributed by atoms with Crippen LogP contribution >= 0.6 is 0 Å². The maximum atomic E-state index is 2.91. The van der Waals surface area contributed by atoms with E-state index in [1.54, 1.807) is 17.0 Å². The van der Waals surface area contributed by atoms with E-state index in [-0.39, 0.29) is 0 Å². The molecule has 1 saturated carbocycles. The molecule has 16 heavy (non-hydrogen) atoms. The van der Waals surface area contributed by atoms with E-state index in [0.29, 0.717) is 9.52 Å². The summed E-state index contributed by atoms with van der Waals surface area (Å²) in [6, 6.07) is 12.2. The third-order valence-corrected chi connectivity index (χ3v) is 14.3. The molecule has 0 unspecified atom stereocenters. The molecule has 1 aliphatic heterocycles. The lowest BCUT2D eigenvalue weighted by Crippen LogP contribution is -2.52. The molecule has 0 aromatic heterocycles. The molecule has 1 aromatic carbocycles. The molecular weight excluding hydrogens is 226 g/mol. The van der Waals surface area contributed by atoms with Gasteiger partial charge in [0.15, 0.2) is 0 Å². The standard InChI is InChI=1S/C13H21NSi2/c1-2-6-12(7-3-1)14(16-10-15-11-16)13-8-4-5-9-13/h1-3,6-7,13,16H,4-5,8-11,15H2. The van der Waals surface area contributed by atoms with E-state index in [1.807, 2.05) is 0 Å². The molecule has 1 saturated heterocycles. The first-order valence-corrected chi connectivity index (χ1v) is 10.9. The first-order valence-electron chi connectivity index (χ1n) is 6.78. The second kappa shape index (κ2) is 4.76. The highest BCUT2D eigenvalue weighted by atomic mass is 28.4. The summed E-state index contributed by atoms with van der Waals surface area (Å²) in [5.41, 5.74) is 4.91. The molecule has 1 aliphatic carbocycles. The maximum Gasteiger partial charge on any atom is 0.134 e. The average Bonchev–Trinajstić information content (AvgIpc) is 2.77. The summed E-state index contributed by atoms with van der Waals surface area (Å²) < 4.78 is 2.91. The second-order valence-electron chi connectivity index (χ2n) is 5.27. The summed E-state index contributed by atoms with van der Waals surface area (Å²) in [5, 5.41) is 0. The summed E-state index contributed by atoms with van der Waals surface area (Å²) in [4.78, 5) is 0. The van der Waals surface area contributed by atoms with Crippen LogP contribution in [0.5, 0.6) is 0 Å². The number of rotatable bonds is 3. The van der Waals surface area contributed by atoms with Crippen molar-refractivity contribution in [3.05, 3.63) is 30.3 Å². The lowest BCUT2D eigenvalue weighted by atomic mass is 10.2. The van der Waals surface area contributed by atoms with Crippen molar-refractivity contribution in [1.29, 1.82) is 0 Å². The summed E-state index contributed by atoms with van der Waals surface area (Å²) in [6.45, 7) is 0. The fraction of sp³-hybridized carbons (Fsp3) is 0.538. The zero-order valence-corrected chi connectivity index (χ0v) is 12.5. The number of para-hydroxylation sites is 1. The van der Waals surface area contributed by atoms with E-state index in [2.05, 4.69) is 34.9 Å². The fourth-order valence-corrected chi connectivity index (χ4v) is 9.97. The predicted octanol–water partition coefficient (Wildman–Crippen LogP) is 2.26. The molecule has 0 N–H and O–H groups in total. The van der Waals surface area contributed by atoms with Crippen molar-refractivity contribution in [2.24, 2.45) is 0 Å². The minimum absolute atomic E-state index is 0.403. The smallest absolute Gasteiger partial charge is 0.134 e. The fourth-order valence-electron chi connectivity index (χ4n) is 3.17. The van der Waals surface area contributed by atoms with Gasteiger partial charge in [0, 0.05) is 21.2 Å². The number of anilines is 1. The first kappa shape index (κ1) is 10.6. The molecule has 1 nitrogen and oxygen atoms in total. The van der Waals surface area contributed by atoms with E-state index in [1.165, 1.54) is 25.7 Å². The van der Waals surface area contributed by atoms with Gasteiger partial charge in [0.2, 0.25) is 0 Å². The summed E-state index contributed by atoms with van der Waals surface area (Å²) in [5.74, 6) is 0. The van der Waals surface area contributed by atoms with Gasteiger partial charge in [-0.15, -0.1) is 0 Å². The number of hydrogen-bond donors (Lipinski definition) is 0. The van der Waals surface area contributed by atoms with Gasteiger partial charge in [0.05, 0.1) is 0 Å². The Hall–Kier alpha value is -0.546. The third-order valence-electron chi connectivity index (χ3n) is 4.24. The lowest BCUT2D eigenvalue weighted by molar-refractivity contribution is 0.694. The molecule has 3 heteroatoms. The molecule has 0 spiro atoms. The van der Waals surface area contributed by atoms with Gasteiger partial charge in [-0.3, -0.25) is 0 Å². The Balaban J connectivity index is 1.83. The van der Waals surface area contributed by atoms with Crippen LogP contribution in [0.3, 0.4) is 0 Å². The van der Waals surface area contributed by atoms with Crippen molar-refractivity contribution in [1.82, 2.24) is 0 Å². The van der Waals surface area contributed by atoms with Crippen LogP contribution in [0.2, 0.25) is 11.3 Å². The second-order valence-corrected chi connectivity index (χ2v) is 12.5. The van der Waals surface area contributed by atoms with E-state index >= 15 is 0 Å². The predicted molar refractivity (Wildman–Crippen MR) is 76.5 cm³/mol. The Kier molecular flexibility index (Phi) is 3.15. The lowest BCUT2D eigenvalue weighted by Gasteiger charge is -2.42. The van der Waals surface area contributed by atoms with Gasteiger partial charge in [-0.05, 0) is 25.0 Å². The monoisotopic (exact) mass is 247 g/mol. The van der Waals surface area contributed by atoms with E-state index in [0.717, 1.165) is 6.04 Å². The van der Waals surface area contributed by atoms with Crippen LogP contribution in [0.25, 0.3) is 0 Å². The average molecular weight is 247 g/mol. The first-order chi connectivity index (χ1) is 7.95. The summed E-state index contributed by atoms with van der Waals surface area (Å²) in [7, 11) is -0.0975. The van der Waals surface area contributed by atoms with Crippen LogP contribution in [0.1, 0.15) is 25.7 Å². The van der Waals surface area contributed by atoms with E-state index in [9.17, 15) is 0 Å². The molecule has 2 aliphatic rings. The van der Waals surface area contributed by atoms with Crippen LogP contribution in [0.15, 0.2) is 30.3 Å². The van der Waals surface area contributed by atoms with Crippen LogP contribution in [0.4, 0.5) is 5.69 Å². The zero-order valence-electron chi connectivity index (χ0n) is 9.94. The van der Waals surface area contributed by atoms with Crippen molar-refractivity contribution < 1.29 is 0 Å². The summed E-state index contributed by atoms with van der Waals surface area (Å²) in [6.07, 6.45) is 5.85. The van der Waals surface area contributed by atoms with Gasteiger partial charge in [0.1, 0.15) is 8.96 Å². The Morgan fingerprint density at radius 3 is 2.31 bits per heavy atom. The molecule has 0 atom stereocenters. The van der Waals surface area contributed by atoms with Crippen molar-refractivity contribution in [2.75, 3.05) is 4.57 Å². The minimum Gasteiger partial charge on any atom is -0.398 e. The molecule has 86 valence electrons. The Labute approximate surface area is 102 Å². The normalized spacial score (nSPS) is 26.9. The van der Waals surface area contributed by atoms with Crippen molar-refractivity contribution in [3.63, 3.8) is 0 Å². The van der Waals surface area contributed by atoms with Gasteiger partial charge in [0.25, 0.3) is 0 Å². The zero-order chi connectivity index (χ0) is 10.8. The molecule has 1 heterocycles. The Morgan fingerprint density at radius 2 is 1.75 bits per heavy atom. The maximum absolute atomic E-state index is 2.91. The van der Waals surface area contributed by atoms with Gasteiger partial charge >= 0.3 is 0 Å². The van der Waals surface area contributed by atoms with Crippen LogP contribution in [-0.4, -0.2) is 24.5 Å². The highest BCUT2D eigenvalue weighted by Crippen LogP contribution is 2.32. The quantitative estimate of drug-likeness (QED) is 0.741. The SMILES string of the molecule is c1ccc(N(C2CCCC2)[SiH]2C[SiH2]C2)cc1. The molecular formula is C13H21NSi2. The molecule has 2 fully saturated rings. The Bertz CT molecular complexity index is 331. The van der Waals surface area contributed by atoms with Gasteiger partial charge in [-0.25, -0.2) is 0 Å². The van der Waals surface area contributed by atoms with Gasteiger partial charge in [-0.2, -0.15) is 0 Å². The molecule has 1 aromatic rings. The van der Waals surface area contributed by atoms with Gasteiger partial charge < -0.3 is 4.57 Å². The molecule has 0 bridgehead atoms. The third kappa shape index (κ3) is 1.98. The Morgan fingerprint density at radius 1 is 1.06 bits per heavy atom. The number of hydrogen-bond acceptors (Lipinski definition) is 1. The number of benzene rings is 1. The van der Waals surface area contributed by atoms with E-state index < -0.39 is 8.96 Å². The highest BCUT2D eigenvalue weighted by molar-refractivity contribution is 6.88. The topological polar surface area (TPSA) is 3.24 Å².